The van der Waals surface area contributed by atoms with Crippen LogP contribution in [-0.4, -0.2) is 22.5 Å². The lowest BCUT2D eigenvalue weighted by molar-refractivity contribution is 0.574. The molecule has 0 amide bonds. The number of nitrogens with zero attached hydrogens (tertiary/aromatic N) is 2. The maximum absolute atomic E-state index is 4.13. The van der Waals surface area contributed by atoms with E-state index in [4.69, 9.17) is 0 Å². The van der Waals surface area contributed by atoms with Crippen molar-refractivity contribution in [2.45, 2.75) is 26.3 Å². The van der Waals surface area contributed by atoms with Crippen LogP contribution in [0.2, 0.25) is 0 Å². The number of hydrogen-bond acceptors (Lipinski definition) is 3. The fraction of sp³-hybridized carbons (Fsp3) is 0.385. The summed E-state index contributed by atoms with van der Waals surface area (Å²) in [5.41, 5.74) is 4.88. The van der Waals surface area contributed by atoms with Gasteiger partial charge in [-0.05, 0) is 32.9 Å². The number of rotatable bonds is 4. The van der Waals surface area contributed by atoms with Gasteiger partial charge in [-0.25, -0.2) is 0 Å². The molecule has 0 aliphatic carbocycles. The Labute approximate surface area is 101 Å². The van der Waals surface area contributed by atoms with Crippen LogP contribution in [0.3, 0.4) is 0 Å². The Hall–Kier alpha value is -1.68. The van der Waals surface area contributed by atoms with Crippen molar-refractivity contribution >= 4 is 0 Å². The minimum atomic E-state index is 0.204. The van der Waals surface area contributed by atoms with Crippen molar-refractivity contribution in [1.29, 1.82) is 0 Å². The van der Waals surface area contributed by atoms with Gasteiger partial charge in [-0.1, -0.05) is 29.3 Å². The molecule has 4 heteroatoms. The van der Waals surface area contributed by atoms with Crippen molar-refractivity contribution in [1.82, 2.24) is 20.7 Å². The van der Waals surface area contributed by atoms with Crippen molar-refractivity contribution in [3.63, 3.8) is 0 Å². The molecular weight excluding hydrogens is 212 g/mol. The van der Waals surface area contributed by atoms with Gasteiger partial charge in [0.1, 0.15) is 0 Å². The van der Waals surface area contributed by atoms with Gasteiger partial charge < -0.3 is 5.32 Å². The maximum atomic E-state index is 4.13. The van der Waals surface area contributed by atoms with Crippen molar-refractivity contribution in [2.24, 2.45) is 0 Å². The van der Waals surface area contributed by atoms with Gasteiger partial charge in [0, 0.05) is 0 Å². The zero-order valence-corrected chi connectivity index (χ0v) is 10.5. The lowest BCUT2D eigenvalue weighted by Crippen LogP contribution is -2.19. The van der Waals surface area contributed by atoms with E-state index in [-0.39, 0.29) is 6.04 Å². The molecule has 0 radical (unpaired) electrons. The summed E-state index contributed by atoms with van der Waals surface area (Å²) >= 11 is 0. The number of aromatic amines is 1. The minimum Gasteiger partial charge on any atom is -0.311 e. The first-order valence-electron chi connectivity index (χ1n) is 5.79. The highest BCUT2D eigenvalue weighted by atomic mass is 15.3. The summed E-state index contributed by atoms with van der Waals surface area (Å²) < 4.78 is 0. The molecule has 1 aromatic carbocycles. The summed E-state index contributed by atoms with van der Waals surface area (Å²) in [5.74, 6) is 0. The van der Waals surface area contributed by atoms with Crippen LogP contribution in [0.5, 0.6) is 0 Å². The number of H-pyrrole nitrogens is 1. The Morgan fingerprint density at radius 3 is 2.47 bits per heavy atom. The minimum absolute atomic E-state index is 0.204. The second kappa shape index (κ2) is 5.10. The predicted octanol–water partition coefficient (Wildman–Crippen LogP) is 1.92. The summed E-state index contributed by atoms with van der Waals surface area (Å²) in [5, 5.41) is 13.9. The van der Waals surface area contributed by atoms with Gasteiger partial charge in [0.05, 0.1) is 17.9 Å². The van der Waals surface area contributed by atoms with Gasteiger partial charge in [0.2, 0.25) is 0 Å². The molecule has 0 saturated heterocycles. The standard InChI is InChI=1S/C13H18N4/c1-9-4-10(2)6-11(5-9)7-12(14-3)13-8-15-17-16-13/h4-6,8,12,14H,7H2,1-3H3,(H,15,16,17). The number of benzene rings is 1. The first-order valence-corrected chi connectivity index (χ1v) is 5.79. The lowest BCUT2D eigenvalue weighted by atomic mass is 10.00. The van der Waals surface area contributed by atoms with Gasteiger partial charge in [-0.2, -0.15) is 15.4 Å². The molecule has 0 aliphatic heterocycles. The Morgan fingerprint density at radius 1 is 1.24 bits per heavy atom. The summed E-state index contributed by atoms with van der Waals surface area (Å²) in [4.78, 5) is 0. The highest BCUT2D eigenvalue weighted by Gasteiger charge is 2.12. The van der Waals surface area contributed by atoms with Gasteiger partial charge in [-0.15, -0.1) is 0 Å². The van der Waals surface area contributed by atoms with Crippen LogP contribution >= 0.6 is 0 Å². The second-order valence-electron chi connectivity index (χ2n) is 4.44. The average molecular weight is 230 g/mol. The molecule has 2 N–H and O–H groups in total. The Bertz CT molecular complexity index is 456. The molecule has 2 aromatic rings. The highest BCUT2D eigenvalue weighted by Crippen LogP contribution is 2.17. The Morgan fingerprint density at radius 2 is 1.94 bits per heavy atom. The molecule has 1 aromatic heterocycles. The number of nitrogens with one attached hydrogen (secondary N) is 2. The van der Waals surface area contributed by atoms with E-state index in [9.17, 15) is 0 Å². The molecule has 4 nitrogen and oxygen atoms in total. The molecule has 0 fully saturated rings. The van der Waals surface area contributed by atoms with Gasteiger partial charge in [-0.3, -0.25) is 0 Å². The van der Waals surface area contributed by atoms with E-state index in [1.165, 1.54) is 16.7 Å². The van der Waals surface area contributed by atoms with E-state index < -0.39 is 0 Å². The van der Waals surface area contributed by atoms with Crippen LogP contribution in [0.4, 0.5) is 0 Å². The van der Waals surface area contributed by atoms with E-state index >= 15 is 0 Å². The number of hydrogen-bond donors (Lipinski definition) is 2. The van der Waals surface area contributed by atoms with Crippen LogP contribution in [0, 0.1) is 13.8 Å². The van der Waals surface area contributed by atoms with Crippen molar-refractivity contribution in [3.8, 4) is 0 Å². The molecule has 17 heavy (non-hydrogen) atoms. The van der Waals surface area contributed by atoms with Crippen LogP contribution in [0.1, 0.15) is 28.4 Å². The smallest absolute Gasteiger partial charge is 0.0997 e. The van der Waals surface area contributed by atoms with Gasteiger partial charge in [0.15, 0.2) is 0 Å². The normalized spacial score (nSPS) is 12.6. The van der Waals surface area contributed by atoms with Crippen molar-refractivity contribution < 1.29 is 0 Å². The molecule has 1 heterocycles. The van der Waals surface area contributed by atoms with Gasteiger partial charge in [0.25, 0.3) is 0 Å². The molecule has 0 saturated carbocycles. The molecule has 90 valence electrons. The number of aromatic nitrogens is 3. The predicted molar refractivity (Wildman–Crippen MR) is 67.8 cm³/mol. The highest BCUT2D eigenvalue weighted by molar-refractivity contribution is 5.29. The zero-order chi connectivity index (χ0) is 12.3. The van der Waals surface area contributed by atoms with Gasteiger partial charge >= 0.3 is 0 Å². The number of likely N-dealkylation sites (N-methyl/N-ethyl adjacent to an activating group) is 1. The molecule has 0 spiro atoms. The van der Waals surface area contributed by atoms with E-state index in [0.29, 0.717) is 0 Å². The van der Waals surface area contributed by atoms with E-state index in [0.717, 1.165) is 12.1 Å². The van der Waals surface area contributed by atoms with Crippen LogP contribution < -0.4 is 5.32 Å². The fourth-order valence-electron chi connectivity index (χ4n) is 2.16. The Balaban J connectivity index is 2.18. The summed E-state index contributed by atoms with van der Waals surface area (Å²) in [7, 11) is 1.95. The first kappa shape index (κ1) is 11.8. The zero-order valence-electron chi connectivity index (χ0n) is 10.5. The van der Waals surface area contributed by atoms with E-state index in [2.05, 4.69) is 52.8 Å². The van der Waals surface area contributed by atoms with E-state index in [1.807, 2.05) is 7.05 Å². The van der Waals surface area contributed by atoms with Crippen molar-refractivity contribution in [3.05, 3.63) is 46.8 Å². The third-order valence-electron chi connectivity index (χ3n) is 2.86. The average Bonchev–Trinajstić information content (AvgIpc) is 2.77. The maximum Gasteiger partial charge on any atom is 0.0997 e. The first-order chi connectivity index (χ1) is 8.19. The Kier molecular flexibility index (Phi) is 3.54. The fourth-order valence-corrected chi connectivity index (χ4v) is 2.16. The monoisotopic (exact) mass is 230 g/mol. The van der Waals surface area contributed by atoms with Crippen LogP contribution in [0.15, 0.2) is 24.4 Å². The van der Waals surface area contributed by atoms with E-state index in [1.54, 1.807) is 6.20 Å². The molecular formula is C13H18N4. The summed E-state index contributed by atoms with van der Waals surface area (Å²) in [6.07, 6.45) is 2.69. The third kappa shape index (κ3) is 2.91. The topological polar surface area (TPSA) is 53.6 Å². The summed E-state index contributed by atoms with van der Waals surface area (Å²) in [6, 6.07) is 6.83. The molecule has 2 rings (SSSR count). The van der Waals surface area contributed by atoms with Crippen molar-refractivity contribution in [2.75, 3.05) is 7.05 Å². The largest absolute Gasteiger partial charge is 0.311 e. The summed E-state index contributed by atoms with van der Waals surface area (Å²) in [6.45, 7) is 4.25. The quantitative estimate of drug-likeness (QED) is 0.843. The lowest BCUT2D eigenvalue weighted by Gasteiger charge is -2.14. The molecule has 0 aliphatic rings. The SMILES string of the molecule is CNC(Cc1cc(C)cc(C)c1)c1cn[nH]n1. The third-order valence-corrected chi connectivity index (χ3v) is 2.86. The van der Waals surface area contributed by atoms with Crippen LogP contribution in [0.25, 0.3) is 0 Å². The molecule has 1 unspecified atom stereocenters. The second-order valence-corrected chi connectivity index (χ2v) is 4.44. The van der Waals surface area contributed by atoms with Crippen LogP contribution in [-0.2, 0) is 6.42 Å². The molecule has 1 atom stereocenters. The molecule has 0 bridgehead atoms. The number of aryl methyl sites for hydroxylation is 2.